The van der Waals surface area contributed by atoms with Gasteiger partial charge in [-0.05, 0) is 20.8 Å². The maximum Gasteiger partial charge on any atom is 0.236 e. The highest BCUT2D eigenvalue weighted by Gasteiger charge is 2.11. The normalized spacial score (nSPS) is 10.8. The van der Waals surface area contributed by atoms with Crippen LogP contribution in [0.4, 0.5) is 5.13 Å². The highest BCUT2D eigenvalue weighted by Crippen LogP contribution is 2.22. The highest BCUT2D eigenvalue weighted by molar-refractivity contribution is 7.99. The Bertz CT molecular complexity index is 834. The number of nitrogens with one attached hydrogen (secondary N) is 2. The van der Waals surface area contributed by atoms with Crippen LogP contribution in [0.25, 0.3) is 11.4 Å². The van der Waals surface area contributed by atoms with E-state index in [0.717, 1.165) is 16.1 Å². The number of amides is 1. The fourth-order valence-electron chi connectivity index (χ4n) is 1.96. The van der Waals surface area contributed by atoms with Crippen LogP contribution in [-0.2, 0) is 4.79 Å². The second-order valence-corrected chi connectivity index (χ2v) is 7.48. The number of carbonyl (C=O) groups is 1. The lowest BCUT2D eigenvalue weighted by atomic mass is 10.1. The van der Waals surface area contributed by atoms with Crippen LogP contribution in [0.3, 0.4) is 0 Å². The SMILES string of the molecule is Cc1ccc(-c2nc(SCC(=O)Nc3nc(C)c(C)s3)n[nH]2)cc1. The highest BCUT2D eigenvalue weighted by atomic mass is 32.2. The van der Waals surface area contributed by atoms with Gasteiger partial charge in [0.2, 0.25) is 11.1 Å². The molecule has 6 nitrogen and oxygen atoms in total. The first-order valence-corrected chi connectivity index (χ1v) is 9.17. The summed E-state index contributed by atoms with van der Waals surface area (Å²) in [7, 11) is 0. The third kappa shape index (κ3) is 4.01. The molecule has 0 saturated carbocycles. The van der Waals surface area contributed by atoms with E-state index in [1.165, 1.54) is 28.7 Å². The van der Waals surface area contributed by atoms with E-state index in [1.807, 2.05) is 45.0 Å². The minimum Gasteiger partial charge on any atom is -0.301 e. The molecule has 0 aliphatic rings. The average Bonchev–Trinajstić information content (AvgIpc) is 3.13. The number of thiazole rings is 1. The van der Waals surface area contributed by atoms with Crippen molar-refractivity contribution in [1.82, 2.24) is 20.2 Å². The molecule has 3 rings (SSSR count). The van der Waals surface area contributed by atoms with Crippen LogP contribution in [0.15, 0.2) is 29.4 Å². The zero-order valence-electron chi connectivity index (χ0n) is 13.6. The molecule has 24 heavy (non-hydrogen) atoms. The summed E-state index contributed by atoms with van der Waals surface area (Å²) in [4.78, 5) is 21.8. The Hall–Kier alpha value is -2.19. The average molecular weight is 359 g/mol. The molecule has 0 radical (unpaired) electrons. The zero-order valence-corrected chi connectivity index (χ0v) is 15.2. The van der Waals surface area contributed by atoms with Gasteiger partial charge in [0.25, 0.3) is 0 Å². The van der Waals surface area contributed by atoms with Crippen LogP contribution in [0.2, 0.25) is 0 Å². The fourth-order valence-corrected chi connectivity index (χ4v) is 3.39. The van der Waals surface area contributed by atoms with Gasteiger partial charge in [0.1, 0.15) is 0 Å². The molecular formula is C16H17N5OS2. The molecule has 8 heteroatoms. The minimum absolute atomic E-state index is 0.115. The Morgan fingerprint density at radius 1 is 1.21 bits per heavy atom. The molecule has 0 fully saturated rings. The summed E-state index contributed by atoms with van der Waals surface area (Å²) in [5.74, 6) is 0.822. The lowest BCUT2D eigenvalue weighted by molar-refractivity contribution is -0.113. The first-order chi connectivity index (χ1) is 11.5. The van der Waals surface area contributed by atoms with Crippen molar-refractivity contribution in [3.05, 3.63) is 40.4 Å². The second kappa shape index (κ2) is 7.14. The van der Waals surface area contributed by atoms with Crippen LogP contribution < -0.4 is 5.32 Å². The molecular weight excluding hydrogens is 342 g/mol. The van der Waals surface area contributed by atoms with Gasteiger partial charge >= 0.3 is 0 Å². The van der Waals surface area contributed by atoms with Gasteiger partial charge in [0.15, 0.2) is 11.0 Å². The molecule has 0 bridgehead atoms. The van der Waals surface area contributed by atoms with Crippen LogP contribution >= 0.6 is 23.1 Å². The number of nitrogens with zero attached hydrogens (tertiary/aromatic N) is 3. The van der Waals surface area contributed by atoms with E-state index in [2.05, 4.69) is 25.5 Å². The van der Waals surface area contributed by atoms with Gasteiger partial charge < -0.3 is 5.32 Å². The number of thioether (sulfide) groups is 1. The molecule has 3 aromatic rings. The van der Waals surface area contributed by atoms with Gasteiger partial charge in [-0.25, -0.2) is 9.97 Å². The Kier molecular flexibility index (Phi) is 4.96. The summed E-state index contributed by atoms with van der Waals surface area (Å²) in [5, 5.41) is 11.0. The van der Waals surface area contributed by atoms with Crippen molar-refractivity contribution in [3.8, 4) is 11.4 Å². The van der Waals surface area contributed by atoms with Crippen molar-refractivity contribution in [2.75, 3.05) is 11.1 Å². The van der Waals surface area contributed by atoms with Gasteiger partial charge in [-0.3, -0.25) is 9.89 Å². The van der Waals surface area contributed by atoms with E-state index in [-0.39, 0.29) is 11.7 Å². The molecule has 0 aliphatic heterocycles. The Morgan fingerprint density at radius 2 is 1.96 bits per heavy atom. The molecule has 0 unspecified atom stereocenters. The van der Waals surface area contributed by atoms with Gasteiger partial charge in [0, 0.05) is 10.4 Å². The second-order valence-electron chi connectivity index (χ2n) is 5.33. The number of carbonyl (C=O) groups excluding carboxylic acids is 1. The van der Waals surface area contributed by atoms with Crippen LogP contribution in [0, 0.1) is 20.8 Å². The Balaban J connectivity index is 1.57. The van der Waals surface area contributed by atoms with E-state index < -0.39 is 0 Å². The van der Waals surface area contributed by atoms with Crippen molar-refractivity contribution in [2.24, 2.45) is 0 Å². The summed E-state index contributed by atoms with van der Waals surface area (Å²) in [6, 6.07) is 8.03. The number of rotatable bonds is 5. The Labute approximate surface area is 148 Å². The number of H-pyrrole nitrogens is 1. The molecule has 0 saturated heterocycles. The van der Waals surface area contributed by atoms with Gasteiger partial charge in [-0.1, -0.05) is 41.6 Å². The maximum absolute atomic E-state index is 12.0. The lowest BCUT2D eigenvalue weighted by Gasteiger charge is -1.99. The van der Waals surface area contributed by atoms with E-state index in [9.17, 15) is 4.79 Å². The Morgan fingerprint density at radius 3 is 2.62 bits per heavy atom. The molecule has 124 valence electrons. The lowest BCUT2D eigenvalue weighted by Crippen LogP contribution is -2.13. The number of aromatic nitrogens is 4. The first-order valence-electron chi connectivity index (χ1n) is 7.37. The zero-order chi connectivity index (χ0) is 17.1. The van der Waals surface area contributed by atoms with Gasteiger partial charge in [0.05, 0.1) is 11.4 Å². The van der Waals surface area contributed by atoms with Crippen molar-refractivity contribution in [3.63, 3.8) is 0 Å². The predicted molar refractivity (Wildman–Crippen MR) is 97.5 cm³/mol. The van der Waals surface area contributed by atoms with Crippen molar-refractivity contribution in [1.29, 1.82) is 0 Å². The third-order valence-corrected chi connectivity index (χ3v) is 5.23. The van der Waals surface area contributed by atoms with Gasteiger partial charge in [-0.2, -0.15) is 0 Å². The van der Waals surface area contributed by atoms with Crippen molar-refractivity contribution < 1.29 is 4.79 Å². The quantitative estimate of drug-likeness (QED) is 0.680. The van der Waals surface area contributed by atoms with Crippen LogP contribution in [0.5, 0.6) is 0 Å². The molecule has 1 amide bonds. The van der Waals surface area contributed by atoms with E-state index >= 15 is 0 Å². The van der Waals surface area contributed by atoms with Crippen molar-refractivity contribution >= 4 is 34.1 Å². The summed E-state index contributed by atoms with van der Waals surface area (Å²) < 4.78 is 0. The predicted octanol–water partition coefficient (Wildman–Crippen LogP) is 3.58. The minimum atomic E-state index is -0.115. The fraction of sp³-hybridized carbons (Fsp3) is 0.250. The summed E-state index contributed by atoms with van der Waals surface area (Å²) in [6.45, 7) is 5.95. The molecule has 2 aromatic heterocycles. The molecule has 2 heterocycles. The number of aromatic amines is 1. The molecule has 0 spiro atoms. The van der Waals surface area contributed by atoms with Gasteiger partial charge in [-0.15, -0.1) is 16.4 Å². The van der Waals surface area contributed by atoms with Crippen LogP contribution in [0.1, 0.15) is 16.1 Å². The maximum atomic E-state index is 12.0. The summed E-state index contributed by atoms with van der Waals surface area (Å²) in [6.07, 6.45) is 0. The van der Waals surface area contributed by atoms with E-state index in [4.69, 9.17) is 0 Å². The number of benzene rings is 1. The van der Waals surface area contributed by atoms with E-state index in [1.54, 1.807) is 0 Å². The number of aryl methyl sites for hydroxylation is 3. The summed E-state index contributed by atoms with van der Waals surface area (Å²) >= 11 is 2.77. The molecule has 1 aromatic carbocycles. The number of hydrogen-bond donors (Lipinski definition) is 2. The molecule has 0 aliphatic carbocycles. The summed E-state index contributed by atoms with van der Waals surface area (Å²) in [5.41, 5.74) is 3.11. The third-order valence-electron chi connectivity index (χ3n) is 3.40. The number of anilines is 1. The molecule has 2 N–H and O–H groups in total. The monoisotopic (exact) mass is 359 g/mol. The largest absolute Gasteiger partial charge is 0.301 e. The standard InChI is InChI=1S/C16H17N5OS2/c1-9-4-6-12(7-5-9)14-19-16(21-20-14)23-8-13(22)18-15-17-10(2)11(3)24-15/h4-7H,8H2,1-3H3,(H,17,18,22)(H,19,20,21). The van der Waals surface area contributed by atoms with E-state index in [0.29, 0.717) is 16.1 Å². The number of hydrogen-bond acceptors (Lipinski definition) is 6. The topological polar surface area (TPSA) is 83.6 Å². The smallest absolute Gasteiger partial charge is 0.236 e. The molecule has 0 atom stereocenters. The van der Waals surface area contributed by atoms with Crippen molar-refractivity contribution in [2.45, 2.75) is 25.9 Å². The first kappa shape index (κ1) is 16.7. The van der Waals surface area contributed by atoms with Crippen LogP contribution in [-0.4, -0.2) is 31.8 Å².